The average Bonchev–Trinajstić information content (AvgIpc) is 2.28. The monoisotopic (exact) mass is 241 g/mol. The van der Waals surface area contributed by atoms with Crippen molar-refractivity contribution in [3.05, 3.63) is 11.9 Å². The van der Waals surface area contributed by atoms with Gasteiger partial charge < -0.3 is 19.9 Å². The Morgan fingerprint density at radius 2 is 2.06 bits per heavy atom. The standard InChI is InChI=1S/C11H19N3O3/c1-3-4-16-5-6-17-11-7-9(12)13-10(14-11)8-15-2/h7H,3-6,8H2,1-2H3,(H2,12,13,14). The zero-order valence-corrected chi connectivity index (χ0v) is 10.3. The van der Waals surface area contributed by atoms with Gasteiger partial charge in [0.15, 0.2) is 5.82 Å². The molecule has 1 aromatic heterocycles. The molecule has 0 aliphatic carbocycles. The van der Waals surface area contributed by atoms with Crippen molar-refractivity contribution < 1.29 is 14.2 Å². The van der Waals surface area contributed by atoms with E-state index in [0.29, 0.717) is 37.3 Å². The van der Waals surface area contributed by atoms with Gasteiger partial charge in [-0.05, 0) is 6.42 Å². The van der Waals surface area contributed by atoms with Gasteiger partial charge in [0.05, 0.1) is 6.61 Å². The zero-order valence-electron chi connectivity index (χ0n) is 10.3. The Morgan fingerprint density at radius 1 is 1.24 bits per heavy atom. The van der Waals surface area contributed by atoms with Crippen LogP contribution < -0.4 is 10.5 Å². The second kappa shape index (κ2) is 7.81. The summed E-state index contributed by atoms with van der Waals surface area (Å²) >= 11 is 0. The molecule has 0 aromatic carbocycles. The van der Waals surface area contributed by atoms with Crippen LogP contribution in [0.25, 0.3) is 0 Å². The first-order valence-electron chi connectivity index (χ1n) is 5.59. The van der Waals surface area contributed by atoms with Crippen molar-refractivity contribution >= 4 is 5.82 Å². The van der Waals surface area contributed by atoms with E-state index in [9.17, 15) is 0 Å². The molecule has 2 N–H and O–H groups in total. The van der Waals surface area contributed by atoms with Crippen LogP contribution in [0.5, 0.6) is 5.88 Å². The summed E-state index contributed by atoms with van der Waals surface area (Å²) in [6.07, 6.45) is 0.998. The lowest BCUT2D eigenvalue weighted by molar-refractivity contribution is 0.0985. The molecule has 0 radical (unpaired) electrons. The molecular formula is C11H19N3O3. The Morgan fingerprint density at radius 3 is 2.76 bits per heavy atom. The lowest BCUT2D eigenvalue weighted by atomic mass is 10.5. The molecule has 96 valence electrons. The summed E-state index contributed by atoms with van der Waals surface area (Å²) in [5.74, 6) is 1.33. The normalized spacial score (nSPS) is 10.5. The number of ether oxygens (including phenoxy) is 3. The fourth-order valence-electron chi connectivity index (χ4n) is 1.21. The highest BCUT2D eigenvalue weighted by Crippen LogP contribution is 2.11. The van der Waals surface area contributed by atoms with Crippen LogP contribution in [0.1, 0.15) is 19.2 Å². The molecule has 1 aromatic rings. The molecule has 0 fully saturated rings. The van der Waals surface area contributed by atoms with Crippen molar-refractivity contribution in [1.29, 1.82) is 0 Å². The number of rotatable bonds is 8. The van der Waals surface area contributed by atoms with E-state index in [1.165, 1.54) is 0 Å². The van der Waals surface area contributed by atoms with E-state index < -0.39 is 0 Å². The Balaban J connectivity index is 2.41. The maximum Gasteiger partial charge on any atom is 0.218 e. The van der Waals surface area contributed by atoms with Crippen LogP contribution in [-0.4, -0.2) is 36.9 Å². The Kier molecular flexibility index (Phi) is 6.27. The van der Waals surface area contributed by atoms with E-state index in [4.69, 9.17) is 19.9 Å². The van der Waals surface area contributed by atoms with E-state index in [1.807, 2.05) is 0 Å². The summed E-state index contributed by atoms with van der Waals surface area (Å²) in [7, 11) is 1.58. The van der Waals surface area contributed by atoms with Crippen molar-refractivity contribution in [2.45, 2.75) is 20.0 Å². The topological polar surface area (TPSA) is 79.5 Å². The minimum absolute atomic E-state index is 0.313. The first kappa shape index (κ1) is 13.7. The first-order chi connectivity index (χ1) is 8.26. The van der Waals surface area contributed by atoms with E-state index in [-0.39, 0.29) is 0 Å². The minimum atomic E-state index is 0.313. The molecule has 1 rings (SSSR count). The minimum Gasteiger partial charge on any atom is -0.475 e. The number of anilines is 1. The zero-order chi connectivity index (χ0) is 12.5. The van der Waals surface area contributed by atoms with Crippen molar-refractivity contribution in [2.75, 3.05) is 32.7 Å². The largest absolute Gasteiger partial charge is 0.475 e. The smallest absolute Gasteiger partial charge is 0.218 e. The van der Waals surface area contributed by atoms with E-state index in [1.54, 1.807) is 13.2 Å². The van der Waals surface area contributed by atoms with Gasteiger partial charge in [0.1, 0.15) is 19.0 Å². The number of aromatic nitrogens is 2. The van der Waals surface area contributed by atoms with Crippen LogP contribution in [0.4, 0.5) is 5.82 Å². The molecule has 0 spiro atoms. The van der Waals surface area contributed by atoms with Gasteiger partial charge in [0.2, 0.25) is 5.88 Å². The molecule has 1 heterocycles. The maximum atomic E-state index is 5.62. The third-order valence-electron chi connectivity index (χ3n) is 1.87. The van der Waals surface area contributed by atoms with Gasteiger partial charge in [-0.2, -0.15) is 4.98 Å². The molecule has 0 unspecified atom stereocenters. The van der Waals surface area contributed by atoms with Crippen LogP contribution in [-0.2, 0) is 16.1 Å². The highest BCUT2D eigenvalue weighted by atomic mass is 16.5. The number of hydrogen-bond donors (Lipinski definition) is 1. The molecule has 6 nitrogen and oxygen atoms in total. The summed E-state index contributed by atoms with van der Waals surface area (Å²) in [5.41, 5.74) is 5.62. The fraction of sp³-hybridized carbons (Fsp3) is 0.636. The second-order valence-corrected chi connectivity index (χ2v) is 3.44. The summed E-state index contributed by atoms with van der Waals surface area (Å²) in [6.45, 7) is 4.10. The molecule has 0 aliphatic heterocycles. The fourth-order valence-corrected chi connectivity index (χ4v) is 1.21. The molecule has 0 amide bonds. The number of nitrogens with zero attached hydrogens (tertiary/aromatic N) is 2. The number of nitrogen functional groups attached to an aromatic ring is 1. The molecule has 0 saturated heterocycles. The lowest BCUT2D eigenvalue weighted by Crippen LogP contribution is -2.10. The van der Waals surface area contributed by atoms with Gasteiger partial charge in [0, 0.05) is 19.8 Å². The highest BCUT2D eigenvalue weighted by Gasteiger charge is 2.03. The van der Waals surface area contributed by atoms with Crippen molar-refractivity contribution in [2.24, 2.45) is 0 Å². The van der Waals surface area contributed by atoms with Gasteiger partial charge in [-0.3, -0.25) is 0 Å². The van der Waals surface area contributed by atoms with Gasteiger partial charge in [-0.1, -0.05) is 6.92 Å². The summed E-state index contributed by atoms with van der Waals surface area (Å²) in [6, 6.07) is 1.58. The van der Waals surface area contributed by atoms with Crippen molar-refractivity contribution in [3.63, 3.8) is 0 Å². The van der Waals surface area contributed by atoms with Crippen LogP contribution in [0.2, 0.25) is 0 Å². The molecule has 6 heteroatoms. The number of nitrogens with two attached hydrogens (primary N) is 1. The Bertz CT molecular complexity index is 334. The first-order valence-corrected chi connectivity index (χ1v) is 5.59. The van der Waals surface area contributed by atoms with Gasteiger partial charge in [0.25, 0.3) is 0 Å². The maximum absolute atomic E-state index is 5.62. The molecule has 0 atom stereocenters. The molecule has 17 heavy (non-hydrogen) atoms. The van der Waals surface area contributed by atoms with Crippen LogP contribution in [0, 0.1) is 0 Å². The molecule has 0 aliphatic rings. The third kappa shape index (κ3) is 5.46. The van der Waals surface area contributed by atoms with Gasteiger partial charge in [-0.25, -0.2) is 4.98 Å². The van der Waals surface area contributed by atoms with Crippen molar-refractivity contribution in [3.8, 4) is 5.88 Å². The quantitative estimate of drug-likeness (QED) is 0.684. The summed E-state index contributed by atoms with van der Waals surface area (Å²) in [5, 5.41) is 0. The molecule has 0 bridgehead atoms. The molecular weight excluding hydrogens is 222 g/mol. The average molecular weight is 241 g/mol. The third-order valence-corrected chi connectivity index (χ3v) is 1.87. The van der Waals surface area contributed by atoms with Crippen LogP contribution >= 0.6 is 0 Å². The van der Waals surface area contributed by atoms with E-state index in [0.717, 1.165) is 13.0 Å². The molecule has 0 saturated carbocycles. The van der Waals surface area contributed by atoms with Crippen LogP contribution in [0.3, 0.4) is 0 Å². The Hall–Kier alpha value is -1.40. The van der Waals surface area contributed by atoms with Gasteiger partial charge in [-0.15, -0.1) is 0 Å². The number of hydrogen-bond acceptors (Lipinski definition) is 6. The lowest BCUT2D eigenvalue weighted by Gasteiger charge is -2.07. The number of methoxy groups -OCH3 is 1. The summed E-state index contributed by atoms with van der Waals surface area (Å²) < 4.78 is 15.6. The predicted molar refractivity (Wildman–Crippen MR) is 63.8 cm³/mol. The van der Waals surface area contributed by atoms with Crippen LogP contribution in [0.15, 0.2) is 6.07 Å². The highest BCUT2D eigenvalue weighted by molar-refractivity contribution is 5.32. The van der Waals surface area contributed by atoms with Gasteiger partial charge >= 0.3 is 0 Å². The predicted octanol–water partition coefficient (Wildman–Crippen LogP) is 1.01. The van der Waals surface area contributed by atoms with E-state index >= 15 is 0 Å². The summed E-state index contributed by atoms with van der Waals surface area (Å²) in [4.78, 5) is 8.16. The SMILES string of the molecule is CCCOCCOc1cc(N)nc(COC)n1. The Labute approximate surface area is 101 Å². The van der Waals surface area contributed by atoms with E-state index in [2.05, 4.69) is 16.9 Å². The van der Waals surface area contributed by atoms with Crippen molar-refractivity contribution in [1.82, 2.24) is 9.97 Å². The second-order valence-electron chi connectivity index (χ2n) is 3.44.